The van der Waals surface area contributed by atoms with Gasteiger partial charge in [0, 0.05) is 12.1 Å². The Hall–Kier alpha value is -3.18. The molecule has 3 aromatic rings. The zero-order chi connectivity index (χ0) is 22.9. The smallest absolute Gasteiger partial charge is 0.224 e. The van der Waals surface area contributed by atoms with Crippen molar-refractivity contribution in [3.8, 4) is 11.5 Å². The molecule has 1 aliphatic rings. The lowest BCUT2D eigenvalue weighted by molar-refractivity contribution is -0.116. The normalized spacial score (nSPS) is 14.1. The number of nitrogens with one attached hydrogen (secondary N) is 2. The van der Waals surface area contributed by atoms with Crippen LogP contribution in [0.4, 0.5) is 10.1 Å². The quantitative estimate of drug-likeness (QED) is 0.372. The van der Waals surface area contributed by atoms with Gasteiger partial charge in [0.05, 0.1) is 0 Å². The van der Waals surface area contributed by atoms with Crippen molar-refractivity contribution < 1.29 is 13.9 Å². The fourth-order valence-corrected chi connectivity index (χ4v) is 4.32. The highest BCUT2D eigenvalue weighted by Gasteiger charge is 2.19. The number of unbranched alkanes of at least 4 members (excludes halogenated alkanes) is 1. The maximum absolute atomic E-state index is 14.3. The van der Waals surface area contributed by atoms with Gasteiger partial charge in [0.2, 0.25) is 5.91 Å². The second-order valence-electron chi connectivity index (χ2n) is 8.54. The van der Waals surface area contributed by atoms with Crippen LogP contribution in [0.1, 0.15) is 49.1 Å². The lowest BCUT2D eigenvalue weighted by Crippen LogP contribution is -2.27. The molecule has 0 aliphatic carbocycles. The van der Waals surface area contributed by atoms with E-state index in [2.05, 4.69) is 16.7 Å². The van der Waals surface area contributed by atoms with E-state index in [-0.39, 0.29) is 17.6 Å². The molecule has 0 aromatic heterocycles. The summed E-state index contributed by atoms with van der Waals surface area (Å²) in [5.41, 5.74) is 2.52. The fourth-order valence-electron chi connectivity index (χ4n) is 4.32. The van der Waals surface area contributed by atoms with Crippen LogP contribution in [0.2, 0.25) is 0 Å². The number of halogens is 1. The van der Waals surface area contributed by atoms with Crippen LogP contribution in [-0.4, -0.2) is 19.0 Å². The third kappa shape index (κ3) is 6.65. The summed E-state index contributed by atoms with van der Waals surface area (Å²) >= 11 is 0. The fraction of sp³-hybridized carbons (Fsp3) is 0.321. The highest BCUT2D eigenvalue weighted by Crippen LogP contribution is 2.30. The van der Waals surface area contributed by atoms with Crippen LogP contribution >= 0.6 is 0 Å². The Labute approximate surface area is 195 Å². The van der Waals surface area contributed by atoms with Crippen LogP contribution in [0.15, 0.2) is 72.8 Å². The van der Waals surface area contributed by atoms with Gasteiger partial charge in [-0.1, -0.05) is 36.4 Å². The summed E-state index contributed by atoms with van der Waals surface area (Å²) in [5, 5.41) is 6.25. The molecule has 0 saturated carbocycles. The first-order chi connectivity index (χ1) is 16.2. The van der Waals surface area contributed by atoms with Gasteiger partial charge in [-0.25, -0.2) is 4.39 Å². The van der Waals surface area contributed by atoms with E-state index in [1.807, 2.05) is 48.5 Å². The zero-order valence-corrected chi connectivity index (χ0v) is 18.9. The highest BCUT2D eigenvalue weighted by molar-refractivity contribution is 5.90. The molecule has 172 valence electrons. The lowest BCUT2D eigenvalue weighted by Gasteiger charge is -2.23. The van der Waals surface area contributed by atoms with Crippen LogP contribution in [0, 0.1) is 5.82 Å². The monoisotopic (exact) mass is 446 g/mol. The van der Waals surface area contributed by atoms with Crippen LogP contribution in [0.25, 0.3) is 0 Å². The average Bonchev–Trinajstić information content (AvgIpc) is 2.85. The summed E-state index contributed by atoms with van der Waals surface area (Å²) in [6.07, 6.45) is 4.77. The van der Waals surface area contributed by atoms with Gasteiger partial charge >= 0.3 is 0 Å². The molecule has 3 aromatic carbocycles. The van der Waals surface area contributed by atoms with Gasteiger partial charge in [0.15, 0.2) is 0 Å². The molecule has 33 heavy (non-hydrogen) atoms. The maximum atomic E-state index is 14.3. The van der Waals surface area contributed by atoms with Gasteiger partial charge in [-0.2, -0.15) is 0 Å². The van der Waals surface area contributed by atoms with E-state index < -0.39 is 0 Å². The predicted octanol–water partition coefficient (Wildman–Crippen LogP) is 6.44. The van der Waals surface area contributed by atoms with E-state index in [1.165, 1.54) is 6.07 Å². The third-order valence-electron chi connectivity index (χ3n) is 6.10. The molecule has 0 radical (unpaired) electrons. The summed E-state index contributed by atoms with van der Waals surface area (Å²) < 4.78 is 20.4. The summed E-state index contributed by atoms with van der Waals surface area (Å²) in [6.45, 7) is 1.81. The first-order valence-electron chi connectivity index (χ1n) is 11.8. The SMILES string of the molecule is O=C(CCCCc1ccccc1Oc1ccccc1)Nc1ccc(F)c(C2CCNCC2)c1. The van der Waals surface area contributed by atoms with Crippen molar-refractivity contribution >= 4 is 11.6 Å². The maximum Gasteiger partial charge on any atom is 0.224 e. The van der Waals surface area contributed by atoms with Crippen LogP contribution in [0.5, 0.6) is 11.5 Å². The van der Waals surface area contributed by atoms with Crippen molar-refractivity contribution in [1.82, 2.24) is 5.32 Å². The molecular formula is C28H31FN2O2. The van der Waals surface area contributed by atoms with E-state index >= 15 is 0 Å². The van der Waals surface area contributed by atoms with Gasteiger partial charge in [0.1, 0.15) is 17.3 Å². The third-order valence-corrected chi connectivity index (χ3v) is 6.10. The number of anilines is 1. The average molecular weight is 447 g/mol. The molecule has 0 unspecified atom stereocenters. The number of ether oxygens (including phenoxy) is 1. The topological polar surface area (TPSA) is 50.4 Å². The summed E-state index contributed by atoms with van der Waals surface area (Å²) in [4.78, 5) is 12.5. The minimum Gasteiger partial charge on any atom is -0.457 e. The van der Waals surface area contributed by atoms with Crippen molar-refractivity contribution in [1.29, 1.82) is 0 Å². The number of piperidine rings is 1. The highest BCUT2D eigenvalue weighted by atomic mass is 19.1. The van der Waals surface area contributed by atoms with Gasteiger partial charge in [-0.15, -0.1) is 0 Å². The van der Waals surface area contributed by atoms with Gasteiger partial charge in [-0.3, -0.25) is 4.79 Å². The number of carbonyl (C=O) groups is 1. The summed E-state index contributed by atoms with van der Waals surface area (Å²) in [7, 11) is 0. The van der Waals surface area contributed by atoms with Crippen LogP contribution in [-0.2, 0) is 11.2 Å². The van der Waals surface area contributed by atoms with Crippen molar-refractivity contribution in [2.75, 3.05) is 18.4 Å². The Morgan fingerprint density at radius 3 is 2.55 bits per heavy atom. The van der Waals surface area contributed by atoms with Gasteiger partial charge in [0.25, 0.3) is 0 Å². The zero-order valence-electron chi connectivity index (χ0n) is 18.9. The molecule has 0 bridgehead atoms. The van der Waals surface area contributed by atoms with E-state index in [0.29, 0.717) is 17.7 Å². The molecular weight excluding hydrogens is 415 g/mol. The molecule has 4 nitrogen and oxygen atoms in total. The van der Waals surface area contributed by atoms with Crippen LogP contribution < -0.4 is 15.4 Å². The number of hydrogen-bond acceptors (Lipinski definition) is 3. The molecule has 1 amide bonds. The van der Waals surface area contributed by atoms with E-state index in [1.54, 1.807) is 12.1 Å². The largest absolute Gasteiger partial charge is 0.457 e. The Bertz CT molecular complexity index is 1050. The Balaban J connectivity index is 1.26. The molecule has 1 aliphatic heterocycles. The Morgan fingerprint density at radius 1 is 0.970 bits per heavy atom. The van der Waals surface area contributed by atoms with E-state index in [4.69, 9.17) is 4.74 Å². The number of amides is 1. The molecule has 2 N–H and O–H groups in total. The predicted molar refractivity (Wildman–Crippen MR) is 130 cm³/mol. The number of para-hydroxylation sites is 2. The molecule has 1 fully saturated rings. The number of benzene rings is 3. The standard InChI is InChI=1S/C28H31FN2O2/c29-26-15-14-23(20-25(26)21-16-18-30-19-17-21)31-28(32)13-7-5-9-22-8-4-6-12-27(22)33-24-10-2-1-3-11-24/h1-4,6,8,10-12,14-15,20-21,30H,5,7,9,13,16-19H2,(H,31,32). The van der Waals surface area contributed by atoms with Gasteiger partial charge in [-0.05, 0) is 98.6 Å². The first-order valence-corrected chi connectivity index (χ1v) is 11.8. The van der Waals surface area contributed by atoms with Gasteiger partial charge < -0.3 is 15.4 Å². The summed E-state index contributed by atoms with van der Waals surface area (Å²) in [6, 6.07) is 22.7. The first kappa shape index (κ1) is 23.0. The minimum atomic E-state index is -0.184. The molecule has 0 atom stereocenters. The molecule has 0 spiro atoms. The van der Waals surface area contributed by atoms with Crippen molar-refractivity contribution in [3.05, 3.63) is 89.7 Å². The summed E-state index contributed by atoms with van der Waals surface area (Å²) in [5.74, 6) is 1.65. The minimum absolute atomic E-state index is 0.0355. The number of hydrogen-bond donors (Lipinski definition) is 2. The molecule has 5 heteroatoms. The van der Waals surface area contributed by atoms with Crippen molar-refractivity contribution in [2.24, 2.45) is 0 Å². The molecule has 4 rings (SSSR count). The second kappa shape index (κ2) is 11.6. The number of aryl methyl sites for hydroxylation is 1. The van der Waals surface area contributed by atoms with E-state index in [9.17, 15) is 9.18 Å². The lowest BCUT2D eigenvalue weighted by atomic mass is 9.89. The Kier molecular flexibility index (Phi) is 8.09. The number of carbonyl (C=O) groups excluding carboxylic acids is 1. The number of rotatable bonds is 9. The molecule has 1 saturated heterocycles. The van der Waals surface area contributed by atoms with E-state index in [0.717, 1.165) is 62.3 Å². The van der Waals surface area contributed by atoms with Crippen LogP contribution in [0.3, 0.4) is 0 Å². The Morgan fingerprint density at radius 2 is 1.73 bits per heavy atom. The molecule has 1 heterocycles. The van der Waals surface area contributed by atoms with Crippen molar-refractivity contribution in [2.45, 2.75) is 44.4 Å². The second-order valence-corrected chi connectivity index (χ2v) is 8.54. The van der Waals surface area contributed by atoms with Crippen molar-refractivity contribution in [3.63, 3.8) is 0 Å².